The van der Waals surface area contributed by atoms with Gasteiger partial charge in [-0.05, 0) is 37.6 Å². The molecule has 2 rings (SSSR count). The third kappa shape index (κ3) is 3.17. The third-order valence-corrected chi connectivity index (χ3v) is 3.31. The van der Waals surface area contributed by atoms with Crippen LogP contribution in [-0.2, 0) is 13.0 Å². The highest BCUT2D eigenvalue weighted by molar-refractivity contribution is 5.26. The highest BCUT2D eigenvalue weighted by Crippen LogP contribution is 2.19. The Balaban J connectivity index is 2.19. The molecule has 0 fully saturated rings. The molecule has 0 aliphatic rings. The zero-order valence-electron chi connectivity index (χ0n) is 11.8. The first-order chi connectivity index (χ1) is 9.26. The first-order valence-corrected chi connectivity index (χ1v) is 6.70. The molecule has 0 aliphatic carbocycles. The lowest BCUT2D eigenvalue weighted by Gasteiger charge is -2.18. The maximum Gasteiger partial charge on any atom is 0.138 e. The van der Waals surface area contributed by atoms with E-state index in [2.05, 4.69) is 40.3 Å². The molecular formula is C14H21N5. The van der Waals surface area contributed by atoms with Crippen molar-refractivity contribution < 1.29 is 0 Å². The molecule has 1 N–H and O–H groups in total. The molecule has 2 aromatic heterocycles. The maximum atomic E-state index is 4.37. The number of aromatic nitrogens is 4. The number of rotatable bonds is 6. The van der Waals surface area contributed by atoms with E-state index < -0.39 is 0 Å². The van der Waals surface area contributed by atoms with Gasteiger partial charge in [0, 0.05) is 31.4 Å². The first-order valence-electron chi connectivity index (χ1n) is 6.70. The zero-order valence-corrected chi connectivity index (χ0v) is 11.8. The number of aryl methyl sites for hydroxylation is 2. The van der Waals surface area contributed by atoms with Gasteiger partial charge in [-0.25, -0.2) is 4.98 Å². The van der Waals surface area contributed by atoms with E-state index >= 15 is 0 Å². The summed E-state index contributed by atoms with van der Waals surface area (Å²) in [7, 11) is 1.98. The SMILES string of the molecule is CCCn1ncnc1CC(NC)c1ccncc1C. The van der Waals surface area contributed by atoms with E-state index in [0.29, 0.717) is 0 Å². The highest BCUT2D eigenvalue weighted by atomic mass is 15.3. The van der Waals surface area contributed by atoms with Crippen molar-refractivity contribution in [1.29, 1.82) is 0 Å². The van der Waals surface area contributed by atoms with Gasteiger partial charge in [-0.2, -0.15) is 5.10 Å². The molecule has 1 atom stereocenters. The fraction of sp³-hybridized carbons (Fsp3) is 0.500. The second kappa shape index (κ2) is 6.43. The number of hydrogen-bond acceptors (Lipinski definition) is 4. The van der Waals surface area contributed by atoms with Gasteiger partial charge >= 0.3 is 0 Å². The topological polar surface area (TPSA) is 55.6 Å². The molecule has 0 saturated carbocycles. The van der Waals surface area contributed by atoms with Gasteiger partial charge in [0.2, 0.25) is 0 Å². The molecule has 0 aliphatic heterocycles. The van der Waals surface area contributed by atoms with Gasteiger partial charge in [-0.1, -0.05) is 6.92 Å². The molecule has 0 bridgehead atoms. The summed E-state index contributed by atoms with van der Waals surface area (Å²) in [6.07, 6.45) is 7.27. The van der Waals surface area contributed by atoms with Gasteiger partial charge in [0.15, 0.2) is 0 Å². The first kappa shape index (κ1) is 13.7. The lowest BCUT2D eigenvalue weighted by atomic mass is 10.0. The summed E-state index contributed by atoms with van der Waals surface area (Å²) in [6.45, 7) is 5.15. The molecule has 0 radical (unpaired) electrons. The summed E-state index contributed by atoms with van der Waals surface area (Å²) in [5.41, 5.74) is 2.46. The quantitative estimate of drug-likeness (QED) is 0.860. The van der Waals surface area contributed by atoms with E-state index in [4.69, 9.17) is 0 Å². The van der Waals surface area contributed by atoms with Gasteiger partial charge in [0.05, 0.1) is 0 Å². The predicted octanol–water partition coefficient (Wildman–Crippen LogP) is 1.89. The molecule has 5 heteroatoms. The summed E-state index contributed by atoms with van der Waals surface area (Å²) in [5, 5.41) is 7.63. The van der Waals surface area contributed by atoms with Crippen molar-refractivity contribution in [2.45, 2.75) is 39.3 Å². The van der Waals surface area contributed by atoms with Crippen LogP contribution in [0.1, 0.15) is 36.3 Å². The van der Waals surface area contributed by atoms with E-state index in [1.165, 1.54) is 11.1 Å². The average Bonchev–Trinajstić information content (AvgIpc) is 2.85. The second-order valence-electron chi connectivity index (χ2n) is 4.68. The van der Waals surface area contributed by atoms with Gasteiger partial charge in [-0.3, -0.25) is 9.67 Å². The minimum Gasteiger partial charge on any atom is -0.313 e. The summed E-state index contributed by atoms with van der Waals surface area (Å²) in [5.74, 6) is 1.03. The van der Waals surface area contributed by atoms with Crippen LogP contribution in [0.15, 0.2) is 24.8 Å². The monoisotopic (exact) mass is 259 g/mol. The van der Waals surface area contributed by atoms with E-state index in [1.54, 1.807) is 6.33 Å². The van der Waals surface area contributed by atoms with Crippen molar-refractivity contribution in [2.75, 3.05) is 7.05 Å². The Morgan fingerprint density at radius 2 is 2.26 bits per heavy atom. The lowest BCUT2D eigenvalue weighted by Crippen LogP contribution is -2.22. The van der Waals surface area contributed by atoms with Crippen molar-refractivity contribution in [3.05, 3.63) is 41.7 Å². The van der Waals surface area contributed by atoms with Crippen molar-refractivity contribution in [3.63, 3.8) is 0 Å². The second-order valence-corrected chi connectivity index (χ2v) is 4.68. The van der Waals surface area contributed by atoms with Crippen LogP contribution in [0, 0.1) is 6.92 Å². The molecule has 2 heterocycles. The lowest BCUT2D eigenvalue weighted by molar-refractivity contribution is 0.515. The predicted molar refractivity (Wildman–Crippen MR) is 74.8 cm³/mol. The number of likely N-dealkylation sites (N-methyl/N-ethyl adjacent to an activating group) is 1. The molecule has 1 unspecified atom stereocenters. The van der Waals surface area contributed by atoms with Gasteiger partial charge < -0.3 is 5.32 Å². The van der Waals surface area contributed by atoms with Crippen LogP contribution >= 0.6 is 0 Å². The van der Waals surface area contributed by atoms with E-state index in [-0.39, 0.29) is 6.04 Å². The Bertz CT molecular complexity index is 520. The number of hydrogen-bond donors (Lipinski definition) is 1. The van der Waals surface area contributed by atoms with Crippen LogP contribution < -0.4 is 5.32 Å². The maximum absolute atomic E-state index is 4.37. The summed E-state index contributed by atoms with van der Waals surface area (Å²) >= 11 is 0. The van der Waals surface area contributed by atoms with E-state index in [1.807, 2.05) is 24.1 Å². The Hall–Kier alpha value is -1.75. The minimum absolute atomic E-state index is 0.239. The minimum atomic E-state index is 0.239. The fourth-order valence-electron chi connectivity index (χ4n) is 2.27. The fourth-order valence-corrected chi connectivity index (χ4v) is 2.27. The molecule has 0 saturated heterocycles. The molecule has 5 nitrogen and oxygen atoms in total. The smallest absolute Gasteiger partial charge is 0.138 e. The van der Waals surface area contributed by atoms with Crippen LogP contribution in [0.2, 0.25) is 0 Å². The molecule has 0 spiro atoms. The highest BCUT2D eigenvalue weighted by Gasteiger charge is 2.15. The molecule has 102 valence electrons. The summed E-state index contributed by atoms with van der Waals surface area (Å²) in [4.78, 5) is 8.52. The van der Waals surface area contributed by atoms with Crippen molar-refractivity contribution >= 4 is 0 Å². The van der Waals surface area contributed by atoms with Crippen LogP contribution in [0.3, 0.4) is 0 Å². The molecule has 0 aromatic carbocycles. The molecule has 2 aromatic rings. The van der Waals surface area contributed by atoms with Gasteiger partial charge in [-0.15, -0.1) is 0 Å². The molecule has 0 amide bonds. The normalized spacial score (nSPS) is 12.6. The number of nitrogens with zero attached hydrogens (tertiary/aromatic N) is 4. The Morgan fingerprint density at radius 1 is 1.42 bits per heavy atom. The van der Waals surface area contributed by atoms with Gasteiger partial charge in [0.1, 0.15) is 12.2 Å². The number of pyridine rings is 1. The van der Waals surface area contributed by atoms with E-state index in [0.717, 1.165) is 25.2 Å². The molecular weight excluding hydrogens is 238 g/mol. The van der Waals surface area contributed by atoms with E-state index in [9.17, 15) is 0 Å². The third-order valence-electron chi connectivity index (χ3n) is 3.31. The standard InChI is InChI=1S/C14H21N5/c1-4-7-19-14(17-10-18-19)8-13(15-3)12-5-6-16-9-11(12)2/h5-6,9-10,13,15H,4,7-8H2,1-3H3. The summed E-state index contributed by atoms with van der Waals surface area (Å²) in [6, 6.07) is 2.31. The van der Waals surface area contributed by atoms with Gasteiger partial charge in [0.25, 0.3) is 0 Å². The van der Waals surface area contributed by atoms with Crippen molar-refractivity contribution in [1.82, 2.24) is 25.1 Å². The van der Waals surface area contributed by atoms with Crippen molar-refractivity contribution in [3.8, 4) is 0 Å². The van der Waals surface area contributed by atoms with Crippen LogP contribution in [0.4, 0.5) is 0 Å². The largest absolute Gasteiger partial charge is 0.313 e. The molecule has 19 heavy (non-hydrogen) atoms. The van der Waals surface area contributed by atoms with Crippen molar-refractivity contribution in [2.24, 2.45) is 0 Å². The Morgan fingerprint density at radius 3 is 2.95 bits per heavy atom. The van der Waals surface area contributed by atoms with Crippen LogP contribution in [0.5, 0.6) is 0 Å². The van der Waals surface area contributed by atoms with Crippen LogP contribution in [-0.4, -0.2) is 26.8 Å². The van der Waals surface area contributed by atoms with Crippen LogP contribution in [0.25, 0.3) is 0 Å². The average molecular weight is 259 g/mol. The Kier molecular flexibility index (Phi) is 4.63. The Labute approximate surface area is 114 Å². The summed E-state index contributed by atoms with van der Waals surface area (Å²) < 4.78 is 1.99. The number of nitrogens with one attached hydrogen (secondary N) is 1. The zero-order chi connectivity index (χ0) is 13.7.